The lowest BCUT2D eigenvalue weighted by molar-refractivity contribution is -0.136. The fourth-order valence-corrected chi connectivity index (χ4v) is 1.89. The third-order valence-electron chi connectivity index (χ3n) is 2.96. The number of carboxylic acids is 2. The Bertz CT molecular complexity index is 646. The molecule has 0 bridgehead atoms. The number of hydrogen-bond acceptors (Lipinski definition) is 3. The normalized spacial score (nSPS) is 10.1. The average molecular weight is 286 g/mol. The molecular formula is C16H14O5. The Balaban J connectivity index is 2.06. The summed E-state index contributed by atoms with van der Waals surface area (Å²) in [5, 5.41) is 17.7. The summed E-state index contributed by atoms with van der Waals surface area (Å²) in [6, 6.07) is 13.2. The van der Waals surface area contributed by atoms with Gasteiger partial charge in [0.1, 0.15) is 12.4 Å². The summed E-state index contributed by atoms with van der Waals surface area (Å²) in [5.74, 6) is -1.35. The van der Waals surface area contributed by atoms with Crippen LogP contribution in [0.2, 0.25) is 0 Å². The minimum atomic E-state index is -0.992. The van der Waals surface area contributed by atoms with Crippen molar-refractivity contribution in [2.75, 3.05) is 0 Å². The number of ether oxygens (including phenoxy) is 1. The maximum Gasteiger partial charge on any atom is 0.335 e. The molecule has 2 aromatic rings. The first-order chi connectivity index (χ1) is 10.1. The molecule has 0 saturated heterocycles. The van der Waals surface area contributed by atoms with Gasteiger partial charge in [-0.05, 0) is 35.4 Å². The van der Waals surface area contributed by atoms with Crippen molar-refractivity contribution >= 4 is 11.9 Å². The first kappa shape index (κ1) is 14.6. The fourth-order valence-electron chi connectivity index (χ4n) is 1.89. The predicted molar refractivity (Wildman–Crippen MR) is 75.5 cm³/mol. The van der Waals surface area contributed by atoms with Gasteiger partial charge in [0, 0.05) is 0 Å². The molecule has 5 heteroatoms. The number of aromatic carboxylic acids is 1. The minimum Gasteiger partial charge on any atom is -0.489 e. The number of rotatable bonds is 6. The third-order valence-corrected chi connectivity index (χ3v) is 2.96. The highest BCUT2D eigenvalue weighted by Crippen LogP contribution is 2.16. The van der Waals surface area contributed by atoms with E-state index in [1.54, 1.807) is 24.3 Å². The molecule has 0 fully saturated rings. The van der Waals surface area contributed by atoms with Crippen molar-refractivity contribution in [3.8, 4) is 5.75 Å². The Hall–Kier alpha value is -2.82. The highest BCUT2D eigenvalue weighted by Gasteiger charge is 2.07. The van der Waals surface area contributed by atoms with E-state index in [-0.39, 0.29) is 18.6 Å². The molecule has 0 unspecified atom stereocenters. The molecule has 0 heterocycles. The van der Waals surface area contributed by atoms with E-state index >= 15 is 0 Å². The predicted octanol–water partition coefficient (Wildman–Crippen LogP) is 2.59. The van der Waals surface area contributed by atoms with Crippen LogP contribution in [0.4, 0.5) is 0 Å². The lowest BCUT2D eigenvalue weighted by atomic mass is 10.1. The monoisotopic (exact) mass is 286 g/mol. The van der Waals surface area contributed by atoms with Crippen LogP contribution in [0.15, 0.2) is 48.5 Å². The van der Waals surface area contributed by atoms with Crippen molar-refractivity contribution in [1.29, 1.82) is 0 Å². The molecule has 108 valence electrons. The zero-order chi connectivity index (χ0) is 15.2. The van der Waals surface area contributed by atoms with E-state index < -0.39 is 11.9 Å². The summed E-state index contributed by atoms with van der Waals surface area (Å²) < 4.78 is 5.56. The van der Waals surface area contributed by atoms with Crippen LogP contribution in [-0.4, -0.2) is 22.2 Å². The van der Waals surface area contributed by atoms with Crippen LogP contribution in [0.5, 0.6) is 5.75 Å². The molecule has 0 aliphatic carbocycles. The molecule has 0 radical (unpaired) electrons. The first-order valence-electron chi connectivity index (χ1n) is 6.31. The lowest BCUT2D eigenvalue weighted by Gasteiger charge is -2.10. The van der Waals surface area contributed by atoms with Gasteiger partial charge in [-0.25, -0.2) is 4.79 Å². The van der Waals surface area contributed by atoms with E-state index in [4.69, 9.17) is 14.9 Å². The third kappa shape index (κ3) is 4.07. The standard InChI is InChI=1S/C16H14O5/c17-15(18)9-12-3-1-2-4-13(12)10-21-14-7-5-11(6-8-14)16(19)20/h1-8H,9-10H2,(H,17,18)(H,19,20). The van der Waals surface area contributed by atoms with Crippen molar-refractivity contribution in [3.63, 3.8) is 0 Å². The first-order valence-corrected chi connectivity index (χ1v) is 6.31. The van der Waals surface area contributed by atoms with E-state index in [1.807, 2.05) is 12.1 Å². The van der Waals surface area contributed by atoms with Gasteiger partial charge in [0.05, 0.1) is 12.0 Å². The Morgan fingerprint density at radius 1 is 0.905 bits per heavy atom. The second-order valence-corrected chi connectivity index (χ2v) is 4.46. The van der Waals surface area contributed by atoms with E-state index in [0.717, 1.165) is 5.56 Å². The molecule has 2 aromatic carbocycles. The molecule has 0 spiro atoms. The molecule has 0 aliphatic rings. The Morgan fingerprint density at radius 2 is 1.52 bits per heavy atom. The van der Waals surface area contributed by atoms with Gasteiger partial charge in [0.15, 0.2) is 0 Å². The average Bonchev–Trinajstić information content (AvgIpc) is 2.46. The quantitative estimate of drug-likeness (QED) is 0.852. The summed E-state index contributed by atoms with van der Waals surface area (Å²) in [7, 11) is 0. The molecule has 0 atom stereocenters. The number of aliphatic carboxylic acids is 1. The van der Waals surface area contributed by atoms with Crippen LogP contribution in [-0.2, 0) is 17.8 Å². The van der Waals surface area contributed by atoms with Crippen molar-refractivity contribution in [2.24, 2.45) is 0 Å². The SMILES string of the molecule is O=C(O)Cc1ccccc1COc1ccc(C(=O)O)cc1. The molecule has 21 heavy (non-hydrogen) atoms. The fraction of sp³-hybridized carbons (Fsp3) is 0.125. The maximum atomic E-state index is 10.8. The number of benzene rings is 2. The van der Waals surface area contributed by atoms with Crippen molar-refractivity contribution in [2.45, 2.75) is 13.0 Å². The minimum absolute atomic E-state index is 0.0581. The van der Waals surface area contributed by atoms with Gasteiger partial charge >= 0.3 is 11.9 Å². The van der Waals surface area contributed by atoms with Gasteiger partial charge in [-0.2, -0.15) is 0 Å². The van der Waals surface area contributed by atoms with Crippen LogP contribution in [0.25, 0.3) is 0 Å². The Morgan fingerprint density at radius 3 is 2.10 bits per heavy atom. The van der Waals surface area contributed by atoms with E-state index in [2.05, 4.69) is 0 Å². The second-order valence-electron chi connectivity index (χ2n) is 4.46. The smallest absolute Gasteiger partial charge is 0.335 e. The van der Waals surface area contributed by atoms with E-state index in [1.165, 1.54) is 12.1 Å². The van der Waals surface area contributed by atoms with Crippen molar-refractivity contribution < 1.29 is 24.5 Å². The second kappa shape index (κ2) is 6.56. The van der Waals surface area contributed by atoms with Crippen LogP contribution >= 0.6 is 0 Å². The summed E-state index contributed by atoms with van der Waals surface area (Å²) in [5.41, 5.74) is 1.68. The van der Waals surface area contributed by atoms with Crippen LogP contribution in [0, 0.1) is 0 Å². The summed E-state index contributed by atoms with van der Waals surface area (Å²) in [4.78, 5) is 21.5. The molecular weight excluding hydrogens is 272 g/mol. The molecule has 2 N–H and O–H groups in total. The maximum absolute atomic E-state index is 10.8. The molecule has 2 rings (SSSR count). The molecule has 0 amide bonds. The number of carboxylic acid groups (broad SMARTS) is 2. The molecule has 5 nitrogen and oxygen atoms in total. The van der Waals surface area contributed by atoms with Crippen molar-refractivity contribution in [3.05, 3.63) is 65.2 Å². The summed E-state index contributed by atoms with van der Waals surface area (Å²) >= 11 is 0. The zero-order valence-corrected chi connectivity index (χ0v) is 11.2. The largest absolute Gasteiger partial charge is 0.489 e. The molecule has 0 saturated carbocycles. The summed E-state index contributed by atoms with van der Waals surface area (Å²) in [6.45, 7) is 0.232. The van der Waals surface area contributed by atoms with Crippen LogP contribution < -0.4 is 4.74 Å². The lowest BCUT2D eigenvalue weighted by Crippen LogP contribution is -2.06. The van der Waals surface area contributed by atoms with E-state index in [9.17, 15) is 9.59 Å². The van der Waals surface area contributed by atoms with Gasteiger partial charge in [0.2, 0.25) is 0 Å². The van der Waals surface area contributed by atoms with Gasteiger partial charge in [-0.15, -0.1) is 0 Å². The van der Waals surface area contributed by atoms with Crippen LogP contribution in [0.3, 0.4) is 0 Å². The van der Waals surface area contributed by atoms with Gasteiger partial charge in [-0.1, -0.05) is 24.3 Å². The number of carbonyl (C=O) groups is 2. The number of hydrogen-bond donors (Lipinski definition) is 2. The van der Waals surface area contributed by atoms with E-state index in [0.29, 0.717) is 11.3 Å². The highest BCUT2D eigenvalue weighted by atomic mass is 16.5. The topological polar surface area (TPSA) is 83.8 Å². The van der Waals surface area contributed by atoms with Gasteiger partial charge < -0.3 is 14.9 Å². The van der Waals surface area contributed by atoms with Gasteiger partial charge in [-0.3, -0.25) is 4.79 Å². The zero-order valence-electron chi connectivity index (χ0n) is 11.2. The highest BCUT2D eigenvalue weighted by molar-refractivity contribution is 5.87. The van der Waals surface area contributed by atoms with Crippen molar-refractivity contribution in [1.82, 2.24) is 0 Å². The molecule has 0 aliphatic heterocycles. The molecule has 0 aromatic heterocycles. The van der Waals surface area contributed by atoms with Gasteiger partial charge in [0.25, 0.3) is 0 Å². The Kier molecular flexibility index (Phi) is 4.56. The van der Waals surface area contributed by atoms with Crippen LogP contribution in [0.1, 0.15) is 21.5 Å². The summed E-state index contributed by atoms with van der Waals surface area (Å²) in [6.07, 6.45) is -0.0581. The Labute approximate surface area is 121 Å².